The molecule has 0 radical (unpaired) electrons. The summed E-state index contributed by atoms with van der Waals surface area (Å²) >= 11 is 1.37. The molecular weight excluding hydrogens is 299 g/mol. The molecule has 0 atom stereocenters. The zero-order chi connectivity index (χ0) is 15.4. The minimum absolute atomic E-state index is 0.147. The highest BCUT2D eigenvalue weighted by Gasteiger charge is 2.05. The fourth-order valence-corrected chi connectivity index (χ4v) is 2.68. The maximum absolute atomic E-state index is 12.8. The van der Waals surface area contributed by atoms with Gasteiger partial charge in [-0.1, -0.05) is 36.0 Å². The number of halogens is 1. The van der Waals surface area contributed by atoms with Crippen LogP contribution < -0.4 is 5.32 Å². The van der Waals surface area contributed by atoms with Gasteiger partial charge in [-0.3, -0.25) is 4.79 Å². The number of carbonyl (C=O) groups excluding carboxylic acids is 1. The van der Waals surface area contributed by atoms with Gasteiger partial charge in [-0.2, -0.15) is 0 Å². The Morgan fingerprint density at radius 1 is 1.05 bits per heavy atom. The number of fused-ring (bicyclic) bond motifs is 1. The van der Waals surface area contributed by atoms with Crippen molar-refractivity contribution in [3.05, 3.63) is 66.5 Å². The predicted octanol–water partition coefficient (Wildman–Crippen LogP) is 4.10. The van der Waals surface area contributed by atoms with Crippen molar-refractivity contribution in [3.63, 3.8) is 0 Å². The topological polar surface area (TPSA) is 42.0 Å². The van der Waals surface area contributed by atoms with Crippen molar-refractivity contribution in [1.82, 2.24) is 4.98 Å². The van der Waals surface area contributed by atoms with Gasteiger partial charge in [0.2, 0.25) is 5.91 Å². The molecule has 0 bridgehead atoms. The third-order valence-corrected chi connectivity index (χ3v) is 3.98. The van der Waals surface area contributed by atoms with Gasteiger partial charge in [-0.05, 0) is 36.4 Å². The van der Waals surface area contributed by atoms with E-state index in [-0.39, 0.29) is 17.5 Å². The van der Waals surface area contributed by atoms with Gasteiger partial charge in [0, 0.05) is 11.1 Å². The second-order valence-electron chi connectivity index (χ2n) is 4.69. The van der Waals surface area contributed by atoms with Gasteiger partial charge in [0.15, 0.2) is 0 Å². The van der Waals surface area contributed by atoms with Gasteiger partial charge in [-0.25, -0.2) is 9.37 Å². The maximum Gasteiger partial charge on any atom is 0.234 e. The number of para-hydroxylation sites is 1. The molecule has 5 heteroatoms. The lowest BCUT2D eigenvalue weighted by Crippen LogP contribution is -2.14. The second kappa shape index (κ2) is 6.58. The predicted molar refractivity (Wildman–Crippen MR) is 87.5 cm³/mol. The summed E-state index contributed by atoms with van der Waals surface area (Å²) < 4.78 is 12.8. The molecule has 0 spiro atoms. The molecule has 3 aromatic rings. The van der Waals surface area contributed by atoms with Gasteiger partial charge in [0.1, 0.15) is 5.82 Å². The highest BCUT2D eigenvalue weighted by Crippen LogP contribution is 2.20. The van der Waals surface area contributed by atoms with Crippen molar-refractivity contribution < 1.29 is 9.18 Å². The van der Waals surface area contributed by atoms with Gasteiger partial charge >= 0.3 is 0 Å². The lowest BCUT2D eigenvalue weighted by Gasteiger charge is -2.05. The molecule has 1 heterocycles. The summed E-state index contributed by atoms with van der Waals surface area (Å²) in [7, 11) is 0. The Kier molecular flexibility index (Phi) is 4.34. The van der Waals surface area contributed by atoms with Crippen molar-refractivity contribution in [2.45, 2.75) is 5.03 Å². The summed E-state index contributed by atoms with van der Waals surface area (Å²) in [6.45, 7) is 0. The fraction of sp³-hybridized carbons (Fsp3) is 0.0588. The first-order valence-electron chi connectivity index (χ1n) is 6.75. The Morgan fingerprint density at radius 3 is 2.64 bits per heavy atom. The number of pyridine rings is 1. The molecule has 2 aromatic carbocycles. The zero-order valence-corrected chi connectivity index (χ0v) is 12.4. The maximum atomic E-state index is 12.8. The summed E-state index contributed by atoms with van der Waals surface area (Å²) in [5.74, 6) is -0.220. The third-order valence-electron chi connectivity index (χ3n) is 3.05. The Bertz CT molecular complexity index is 805. The number of nitrogens with one attached hydrogen (secondary N) is 1. The number of hydrogen-bond acceptors (Lipinski definition) is 3. The quantitative estimate of drug-likeness (QED) is 0.737. The summed E-state index contributed by atoms with van der Waals surface area (Å²) in [6.07, 6.45) is 0. The number of amides is 1. The zero-order valence-electron chi connectivity index (χ0n) is 11.6. The van der Waals surface area contributed by atoms with E-state index in [1.54, 1.807) is 0 Å². The molecule has 0 unspecified atom stereocenters. The number of carbonyl (C=O) groups is 1. The lowest BCUT2D eigenvalue weighted by molar-refractivity contribution is -0.113. The Labute approximate surface area is 131 Å². The minimum atomic E-state index is -0.326. The van der Waals surface area contributed by atoms with E-state index in [0.29, 0.717) is 5.69 Å². The molecule has 0 aliphatic rings. The van der Waals surface area contributed by atoms with Crippen molar-refractivity contribution in [3.8, 4) is 0 Å². The van der Waals surface area contributed by atoms with E-state index in [1.165, 1.54) is 36.0 Å². The first-order chi connectivity index (χ1) is 10.7. The monoisotopic (exact) mass is 312 g/mol. The molecular formula is C17H13FN2OS. The standard InChI is InChI=1S/C17H13FN2OS/c18-13-6-8-14(9-7-13)19-16(21)11-22-17-10-5-12-3-1-2-4-15(12)20-17/h1-10H,11H2,(H,19,21). The average Bonchev–Trinajstić information content (AvgIpc) is 2.55. The summed E-state index contributed by atoms with van der Waals surface area (Å²) in [6, 6.07) is 17.4. The minimum Gasteiger partial charge on any atom is -0.325 e. The van der Waals surface area contributed by atoms with Gasteiger partial charge in [0.25, 0.3) is 0 Å². The number of rotatable bonds is 4. The van der Waals surface area contributed by atoms with Crippen LogP contribution in [0.1, 0.15) is 0 Å². The molecule has 22 heavy (non-hydrogen) atoms. The van der Waals surface area contributed by atoms with E-state index in [0.717, 1.165) is 15.9 Å². The number of benzene rings is 2. The number of aromatic nitrogens is 1. The first kappa shape index (κ1) is 14.5. The van der Waals surface area contributed by atoms with Crippen LogP contribution in [0, 0.1) is 5.82 Å². The van der Waals surface area contributed by atoms with Crippen LogP contribution in [0.4, 0.5) is 10.1 Å². The fourth-order valence-electron chi connectivity index (χ4n) is 2.00. The molecule has 1 N–H and O–H groups in total. The highest BCUT2D eigenvalue weighted by molar-refractivity contribution is 7.99. The Hall–Kier alpha value is -2.40. The normalized spacial score (nSPS) is 10.6. The van der Waals surface area contributed by atoms with Gasteiger partial charge < -0.3 is 5.32 Å². The largest absolute Gasteiger partial charge is 0.325 e. The smallest absolute Gasteiger partial charge is 0.234 e. The van der Waals surface area contributed by atoms with Crippen molar-refractivity contribution in [2.24, 2.45) is 0 Å². The molecule has 0 saturated carbocycles. The second-order valence-corrected chi connectivity index (χ2v) is 5.68. The van der Waals surface area contributed by atoms with Crippen molar-refractivity contribution >= 4 is 34.3 Å². The number of nitrogens with zero attached hydrogens (tertiary/aromatic N) is 1. The molecule has 1 amide bonds. The van der Waals surface area contributed by atoms with E-state index in [9.17, 15) is 9.18 Å². The van der Waals surface area contributed by atoms with Crippen LogP contribution in [0.5, 0.6) is 0 Å². The van der Waals surface area contributed by atoms with Crippen LogP contribution >= 0.6 is 11.8 Å². The highest BCUT2D eigenvalue weighted by atomic mass is 32.2. The van der Waals surface area contributed by atoms with Crippen LogP contribution in [0.2, 0.25) is 0 Å². The van der Waals surface area contributed by atoms with Crippen LogP contribution in [-0.4, -0.2) is 16.6 Å². The van der Waals surface area contributed by atoms with E-state index >= 15 is 0 Å². The molecule has 3 rings (SSSR count). The van der Waals surface area contributed by atoms with E-state index in [1.807, 2.05) is 36.4 Å². The first-order valence-corrected chi connectivity index (χ1v) is 7.73. The molecule has 3 nitrogen and oxygen atoms in total. The Balaban J connectivity index is 1.60. The molecule has 0 fully saturated rings. The molecule has 0 aliphatic carbocycles. The SMILES string of the molecule is O=C(CSc1ccc2ccccc2n1)Nc1ccc(F)cc1. The lowest BCUT2D eigenvalue weighted by atomic mass is 10.2. The number of anilines is 1. The average molecular weight is 312 g/mol. The number of thioether (sulfide) groups is 1. The summed E-state index contributed by atoms with van der Waals surface area (Å²) in [5.41, 5.74) is 1.49. The summed E-state index contributed by atoms with van der Waals surface area (Å²) in [5, 5.41) is 4.59. The molecule has 110 valence electrons. The van der Waals surface area contributed by atoms with Gasteiger partial charge in [-0.15, -0.1) is 0 Å². The molecule has 0 saturated heterocycles. The van der Waals surface area contributed by atoms with Crippen LogP contribution in [-0.2, 0) is 4.79 Å². The molecule has 0 aliphatic heterocycles. The third kappa shape index (κ3) is 3.62. The van der Waals surface area contributed by atoms with Crippen LogP contribution in [0.25, 0.3) is 10.9 Å². The van der Waals surface area contributed by atoms with E-state index in [2.05, 4.69) is 10.3 Å². The van der Waals surface area contributed by atoms with E-state index < -0.39 is 0 Å². The molecule has 1 aromatic heterocycles. The summed E-state index contributed by atoms with van der Waals surface area (Å²) in [4.78, 5) is 16.4. The van der Waals surface area contributed by atoms with Crippen LogP contribution in [0.3, 0.4) is 0 Å². The Morgan fingerprint density at radius 2 is 1.82 bits per heavy atom. The van der Waals surface area contributed by atoms with E-state index in [4.69, 9.17) is 0 Å². The number of hydrogen-bond donors (Lipinski definition) is 1. The van der Waals surface area contributed by atoms with Crippen molar-refractivity contribution in [1.29, 1.82) is 0 Å². The van der Waals surface area contributed by atoms with Crippen LogP contribution in [0.15, 0.2) is 65.7 Å². The van der Waals surface area contributed by atoms with Gasteiger partial charge in [0.05, 0.1) is 16.3 Å². The van der Waals surface area contributed by atoms with Crippen molar-refractivity contribution in [2.75, 3.05) is 11.1 Å².